The zero-order valence-electron chi connectivity index (χ0n) is 54.1. The average Bonchev–Trinajstić information content (AvgIpc) is 3.47. The van der Waals surface area contributed by atoms with Crippen molar-refractivity contribution < 1.29 is 28.6 Å². The van der Waals surface area contributed by atoms with Crippen molar-refractivity contribution in [2.24, 2.45) is 0 Å². The Morgan fingerprint density at radius 2 is 0.481 bits per heavy atom. The lowest BCUT2D eigenvalue weighted by atomic mass is 10.0. The summed E-state index contributed by atoms with van der Waals surface area (Å²) in [6, 6.07) is 0. The Labute approximate surface area is 503 Å². The summed E-state index contributed by atoms with van der Waals surface area (Å²) in [5.74, 6) is -0.857. The highest BCUT2D eigenvalue weighted by Gasteiger charge is 2.19. The first-order chi connectivity index (χ1) is 40.0. The van der Waals surface area contributed by atoms with Gasteiger partial charge in [0.25, 0.3) is 0 Å². The Balaban J connectivity index is 4.04. The van der Waals surface area contributed by atoms with Crippen LogP contribution in [0.1, 0.15) is 367 Å². The van der Waals surface area contributed by atoms with Crippen molar-refractivity contribution in [3.8, 4) is 0 Å². The van der Waals surface area contributed by atoms with Crippen LogP contribution < -0.4 is 0 Å². The van der Waals surface area contributed by atoms with Gasteiger partial charge in [0.2, 0.25) is 0 Å². The van der Waals surface area contributed by atoms with Crippen LogP contribution in [0.15, 0.2) is 72.9 Å². The molecule has 6 heteroatoms. The summed E-state index contributed by atoms with van der Waals surface area (Å²) in [4.78, 5) is 38.2. The number of hydrogen-bond donors (Lipinski definition) is 0. The fraction of sp³-hybridized carbons (Fsp3) is 0.800. The van der Waals surface area contributed by atoms with Gasteiger partial charge in [0.15, 0.2) is 6.10 Å². The van der Waals surface area contributed by atoms with E-state index in [4.69, 9.17) is 14.2 Å². The number of ether oxygens (including phenoxy) is 3. The fourth-order valence-corrected chi connectivity index (χ4v) is 10.4. The van der Waals surface area contributed by atoms with Crippen molar-refractivity contribution in [3.05, 3.63) is 72.9 Å². The number of hydrogen-bond acceptors (Lipinski definition) is 6. The third-order valence-electron chi connectivity index (χ3n) is 15.7. The summed E-state index contributed by atoms with van der Waals surface area (Å²) < 4.78 is 16.9. The van der Waals surface area contributed by atoms with E-state index < -0.39 is 6.10 Å². The van der Waals surface area contributed by atoms with Gasteiger partial charge in [0, 0.05) is 19.3 Å². The van der Waals surface area contributed by atoms with Gasteiger partial charge >= 0.3 is 17.9 Å². The maximum absolute atomic E-state index is 12.9. The molecule has 0 aliphatic rings. The minimum Gasteiger partial charge on any atom is -0.462 e. The second-order valence-electron chi connectivity index (χ2n) is 23.8. The molecule has 0 radical (unpaired) electrons. The summed E-state index contributed by atoms with van der Waals surface area (Å²) in [5.41, 5.74) is 0. The Morgan fingerprint density at radius 3 is 0.753 bits per heavy atom. The molecule has 0 N–H and O–H groups in total. The lowest BCUT2D eigenvalue weighted by Crippen LogP contribution is -2.30. The summed E-state index contributed by atoms with van der Waals surface area (Å²) in [6.45, 7) is 6.53. The smallest absolute Gasteiger partial charge is 0.306 e. The summed E-state index contributed by atoms with van der Waals surface area (Å²) in [6.07, 6.45) is 91.1. The van der Waals surface area contributed by atoms with Crippen LogP contribution in [0, 0.1) is 0 Å². The first-order valence-corrected chi connectivity index (χ1v) is 35.4. The van der Waals surface area contributed by atoms with Gasteiger partial charge in [-0.1, -0.05) is 331 Å². The molecule has 0 bridgehead atoms. The van der Waals surface area contributed by atoms with Gasteiger partial charge in [-0.25, -0.2) is 0 Å². The first-order valence-electron chi connectivity index (χ1n) is 35.4. The molecule has 0 saturated carbocycles. The lowest BCUT2D eigenvalue weighted by Gasteiger charge is -2.18. The topological polar surface area (TPSA) is 78.9 Å². The van der Waals surface area contributed by atoms with Crippen molar-refractivity contribution in [2.45, 2.75) is 374 Å². The molecule has 0 aromatic heterocycles. The maximum atomic E-state index is 12.9. The van der Waals surface area contributed by atoms with Crippen molar-refractivity contribution in [1.29, 1.82) is 0 Å². The SMILES string of the molecule is CC/C=C\C/C=C\C/C=C\C/C=C\CCCCCCCCCCCCCCCCCCC(=O)OCC(COC(=O)CCCCCCCCC)OC(=O)CCCCCCCCCCCCCCCCC/C=C\C/C=C\CCCCCCC. The molecule has 0 amide bonds. The monoisotopic (exact) mass is 1130 g/mol. The highest BCUT2D eigenvalue weighted by molar-refractivity contribution is 5.71. The zero-order valence-corrected chi connectivity index (χ0v) is 54.1. The van der Waals surface area contributed by atoms with Gasteiger partial charge in [0.05, 0.1) is 0 Å². The zero-order chi connectivity index (χ0) is 58.5. The second-order valence-corrected chi connectivity index (χ2v) is 23.8. The molecule has 0 heterocycles. The molecule has 0 aliphatic carbocycles. The Kier molecular flexibility index (Phi) is 66.6. The van der Waals surface area contributed by atoms with Gasteiger partial charge in [0.1, 0.15) is 13.2 Å². The minimum atomic E-state index is -0.771. The van der Waals surface area contributed by atoms with E-state index in [1.165, 1.54) is 238 Å². The van der Waals surface area contributed by atoms with Gasteiger partial charge < -0.3 is 14.2 Å². The Bertz CT molecular complexity index is 1490. The molecule has 0 aromatic carbocycles. The summed E-state index contributed by atoms with van der Waals surface area (Å²) >= 11 is 0. The van der Waals surface area contributed by atoms with Crippen LogP contribution in [-0.2, 0) is 28.6 Å². The molecule has 1 unspecified atom stereocenters. The van der Waals surface area contributed by atoms with Crippen LogP contribution in [0.25, 0.3) is 0 Å². The fourth-order valence-electron chi connectivity index (χ4n) is 10.4. The van der Waals surface area contributed by atoms with Crippen LogP contribution in [0.4, 0.5) is 0 Å². The van der Waals surface area contributed by atoms with Crippen LogP contribution in [0.5, 0.6) is 0 Å². The van der Waals surface area contributed by atoms with Crippen LogP contribution in [0.3, 0.4) is 0 Å². The normalized spacial score (nSPS) is 12.5. The summed E-state index contributed by atoms with van der Waals surface area (Å²) in [5, 5.41) is 0. The third kappa shape index (κ3) is 67.5. The average molecular weight is 1130 g/mol. The molecule has 0 fully saturated rings. The van der Waals surface area contributed by atoms with Crippen molar-refractivity contribution in [1.82, 2.24) is 0 Å². The third-order valence-corrected chi connectivity index (χ3v) is 15.7. The van der Waals surface area contributed by atoms with E-state index >= 15 is 0 Å². The number of carbonyl (C=O) groups is 3. The largest absolute Gasteiger partial charge is 0.462 e. The van der Waals surface area contributed by atoms with Gasteiger partial charge in [-0.3, -0.25) is 14.4 Å². The molecule has 0 aromatic rings. The predicted molar refractivity (Wildman–Crippen MR) is 353 cm³/mol. The number of allylic oxidation sites excluding steroid dienone is 12. The highest BCUT2D eigenvalue weighted by atomic mass is 16.6. The van der Waals surface area contributed by atoms with Crippen LogP contribution in [0.2, 0.25) is 0 Å². The minimum absolute atomic E-state index is 0.0704. The quantitative estimate of drug-likeness (QED) is 0.0261. The van der Waals surface area contributed by atoms with E-state index in [1.54, 1.807) is 0 Å². The van der Waals surface area contributed by atoms with E-state index in [2.05, 4.69) is 93.7 Å². The van der Waals surface area contributed by atoms with Gasteiger partial charge in [-0.15, -0.1) is 0 Å². The standard InChI is InChI=1S/C75H134O6/c1-4-7-10-13-16-18-20-22-24-26-28-30-32-34-36-37-39-40-42-44-46-48-50-52-54-56-59-62-65-68-74(77)80-71-72(70-79-73(76)67-64-61-58-15-12-9-6-3)81-75(78)69-66-63-60-57-55-53-51-49-47-45-43-41-38-35-33-31-29-27-25-23-21-19-17-14-11-8-5-2/h7,10,16,18,21-24,27-30,72H,4-6,8-9,11-15,17,19-20,25-26,31-71H2,1-3H3/b10-7-,18-16-,23-21-,24-22-,29-27-,30-28-. The van der Waals surface area contributed by atoms with E-state index in [0.29, 0.717) is 19.3 Å². The number of carbonyl (C=O) groups excluding carboxylic acids is 3. The number of unbranched alkanes of at least 4 members (excludes halogenated alkanes) is 42. The van der Waals surface area contributed by atoms with Crippen molar-refractivity contribution in [2.75, 3.05) is 13.2 Å². The summed E-state index contributed by atoms with van der Waals surface area (Å²) in [7, 11) is 0. The molecule has 6 nitrogen and oxygen atoms in total. The maximum Gasteiger partial charge on any atom is 0.306 e. The van der Waals surface area contributed by atoms with Crippen LogP contribution >= 0.6 is 0 Å². The van der Waals surface area contributed by atoms with Crippen LogP contribution in [-0.4, -0.2) is 37.2 Å². The second kappa shape index (κ2) is 69.3. The molecule has 470 valence electrons. The van der Waals surface area contributed by atoms with Gasteiger partial charge in [-0.05, 0) is 89.9 Å². The van der Waals surface area contributed by atoms with Crippen molar-refractivity contribution in [3.63, 3.8) is 0 Å². The van der Waals surface area contributed by atoms with E-state index in [1.807, 2.05) is 0 Å². The molecule has 0 saturated heterocycles. The number of esters is 3. The van der Waals surface area contributed by atoms with E-state index in [9.17, 15) is 14.4 Å². The number of rotatable bonds is 65. The van der Waals surface area contributed by atoms with Crippen molar-refractivity contribution >= 4 is 17.9 Å². The molecule has 0 spiro atoms. The van der Waals surface area contributed by atoms with E-state index in [-0.39, 0.29) is 31.1 Å². The molecule has 0 aliphatic heterocycles. The molecular formula is C75H134O6. The Morgan fingerprint density at radius 1 is 0.259 bits per heavy atom. The lowest BCUT2D eigenvalue weighted by molar-refractivity contribution is -0.167. The molecular weight excluding hydrogens is 997 g/mol. The first kappa shape index (κ1) is 77.9. The van der Waals surface area contributed by atoms with Gasteiger partial charge in [-0.2, -0.15) is 0 Å². The molecule has 0 rings (SSSR count). The van der Waals surface area contributed by atoms with E-state index in [0.717, 1.165) is 89.9 Å². The molecule has 1 atom stereocenters. The highest BCUT2D eigenvalue weighted by Crippen LogP contribution is 2.18. The Hall–Kier alpha value is -3.15. The molecule has 81 heavy (non-hydrogen) atoms. The predicted octanol–water partition coefficient (Wildman–Crippen LogP) is 24.4.